The first kappa shape index (κ1) is 12.5. The van der Waals surface area contributed by atoms with Gasteiger partial charge in [0, 0.05) is 6.20 Å². The van der Waals surface area contributed by atoms with Crippen LogP contribution in [-0.2, 0) is 6.42 Å². The molecule has 2 heterocycles. The van der Waals surface area contributed by atoms with Gasteiger partial charge in [-0.3, -0.25) is 5.10 Å². The molecule has 96 valence electrons. The Balaban J connectivity index is 2.10. The van der Waals surface area contributed by atoms with Crippen molar-refractivity contribution in [2.24, 2.45) is 0 Å². The fourth-order valence-electron chi connectivity index (χ4n) is 1.82. The number of H-pyrrole nitrogens is 1. The van der Waals surface area contributed by atoms with Gasteiger partial charge in [0.15, 0.2) is 0 Å². The Kier molecular flexibility index (Phi) is 4.25. The van der Waals surface area contributed by atoms with Gasteiger partial charge in [-0.1, -0.05) is 6.92 Å². The molecule has 6 nitrogen and oxygen atoms in total. The van der Waals surface area contributed by atoms with Crippen LogP contribution >= 0.6 is 0 Å². The summed E-state index contributed by atoms with van der Waals surface area (Å²) < 4.78 is 0. The van der Waals surface area contributed by atoms with Crippen molar-refractivity contribution < 1.29 is 0 Å². The number of aromatic nitrogens is 4. The molecular weight excluding hydrogens is 228 g/mol. The molecule has 0 saturated heterocycles. The Bertz CT molecular complexity index is 467. The zero-order valence-corrected chi connectivity index (χ0v) is 10.4. The smallest absolute Gasteiger partial charge is 0.141 e. The van der Waals surface area contributed by atoms with E-state index in [1.807, 2.05) is 12.1 Å². The van der Waals surface area contributed by atoms with Crippen LogP contribution in [0.1, 0.15) is 30.8 Å². The van der Waals surface area contributed by atoms with E-state index in [2.05, 4.69) is 32.4 Å². The minimum atomic E-state index is 0.120. The van der Waals surface area contributed by atoms with Gasteiger partial charge in [-0.25, -0.2) is 9.97 Å². The largest absolute Gasteiger partial charge is 0.384 e. The third kappa shape index (κ3) is 3.27. The highest BCUT2D eigenvalue weighted by molar-refractivity contribution is 5.32. The van der Waals surface area contributed by atoms with E-state index in [1.54, 1.807) is 6.20 Å². The van der Waals surface area contributed by atoms with Crippen LogP contribution in [0.4, 0.5) is 5.82 Å². The number of anilines is 1. The van der Waals surface area contributed by atoms with E-state index in [9.17, 15) is 0 Å². The molecule has 2 aromatic rings. The fourth-order valence-corrected chi connectivity index (χ4v) is 1.82. The Morgan fingerprint density at radius 1 is 1.44 bits per heavy atom. The highest BCUT2D eigenvalue weighted by Gasteiger charge is 2.14. The van der Waals surface area contributed by atoms with Crippen LogP contribution in [0, 0.1) is 0 Å². The lowest BCUT2D eigenvalue weighted by Crippen LogP contribution is -2.25. The molecule has 2 aromatic heterocycles. The van der Waals surface area contributed by atoms with Gasteiger partial charge < -0.3 is 11.1 Å². The first-order valence-electron chi connectivity index (χ1n) is 6.08. The van der Waals surface area contributed by atoms with E-state index in [-0.39, 0.29) is 6.04 Å². The SMILES string of the molecule is CCCNC(Cc1ccnc(N)c1)c1ncn[nH]1. The van der Waals surface area contributed by atoms with Crippen LogP contribution in [0.15, 0.2) is 24.7 Å². The summed E-state index contributed by atoms with van der Waals surface area (Å²) in [5, 5.41) is 10.3. The average molecular weight is 246 g/mol. The van der Waals surface area contributed by atoms with Crippen molar-refractivity contribution in [3.8, 4) is 0 Å². The highest BCUT2D eigenvalue weighted by Crippen LogP contribution is 2.15. The highest BCUT2D eigenvalue weighted by atomic mass is 15.2. The first-order valence-corrected chi connectivity index (χ1v) is 6.08. The molecule has 18 heavy (non-hydrogen) atoms. The van der Waals surface area contributed by atoms with E-state index in [0.717, 1.165) is 30.8 Å². The number of nitrogens with zero attached hydrogens (tertiary/aromatic N) is 3. The zero-order chi connectivity index (χ0) is 12.8. The predicted octanol–water partition coefficient (Wildman–Crippen LogP) is 1.07. The number of hydrogen-bond donors (Lipinski definition) is 3. The second kappa shape index (κ2) is 6.11. The fraction of sp³-hybridized carbons (Fsp3) is 0.417. The number of pyridine rings is 1. The molecule has 6 heteroatoms. The molecular formula is C12H18N6. The third-order valence-electron chi connectivity index (χ3n) is 2.69. The van der Waals surface area contributed by atoms with Crippen LogP contribution in [0.25, 0.3) is 0 Å². The standard InChI is InChI=1S/C12H18N6/c1-2-4-14-10(12-16-8-17-18-12)6-9-3-5-15-11(13)7-9/h3,5,7-8,10,14H,2,4,6H2,1H3,(H2,13,15)(H,16,17,18). The number of nitrogens with two attached hydrogens (primary N) is 1. The maximum absolute atomic E-state index is 5.69. The van der Waals surface area contributed by atoms with Crippen LogP contribution in [-0.4, -0.2) is 26.7 Å². The lowest BCUT2D eigenvalue weighted by molar-refractivity contribution is 0.506. The van der Waals surface area contributed by atoms with Crippen molar-refractivity contribution in [2.75, 3.05) is 12.3 Å². The molecule has 1 unspecified atom stereocenters. The molecule has 0 aliphatic carbocycles. The monoisotopic (exact) mass is 246 g/mol. The topological polar surface area (TPSA) is 92.5 Å². The number of nitrogen functional groups attached to an aromatic ring is 1. The first-order chi connectivity index (χ1) is 8.79. The second-order valence-electron chi connectivity index (χ2n) is 4.17. The Hall–Kier alpha value is -1.95. The van der Waals surface area contributed by atoms with E-state index in [1.165, 1.54) is 6.33 Å². The maximum atomic E-state index is 5.69. The summed E-state index contributed by atoms with van der Waals surface area (Å²) in [5.74, 6) is 1.39. The minimum Gasteiger partial charge on any atom is -0.384 e. The number of aromatic amines is 1. The minimum absolute atomic E-state index is 0.120. The lowest BCUT2D eigenvalue weighted by atomic mass is 10.1. The Morgan fingerprint density at radius 2 is 2.33 bits per heavy atom. The van der Waals surface area contributed by atoms with Crippen LogP contribution in [0.2, 0.25) is 0 Å². The molecule has 0 aliphatic heterocycles. The van der Waals surface area contributed by atoms with Gasteiger partial charge in [0.1, 0.15) is 18.0 Å². The average Bonchev–Trinajstić information content (AvgIpc) is 2.88. The van der Waals surface area contributed by atoms with Crippen LogP contribution in [0.5, 0.6) is 0 Å². The molecule has 0 spiro atoms. The van der Waals surface area contributed by atoms with Crippen molar-refractivity contribution >= 4 is 5.82 Å². The molecule has 0 bridgehead atoms. The van der Waals surface area contributed by atoms with Crippen LogP contribution in [0.3, 0.4) is 0 Å². The van der Waals surface area contributed by atoms with Crippen molar-refractivity contribution in [3.05, 3.63) is 36.0 Å². The molecule has 2 rings (SSSR count). The lowest BCUT2D eigenvalue weighted by Gasteiger charge is -2.16. The van der Waals surface area contributed by atoms with E-state index in [4.69, 9.17) is 5.73 Å². The number of hydrogen-bond acceptors (Lipinski definition) is 5. The van der Waals surface area contributed by atoms with Crippen molar-refractivity contribution in [1.29, 1.82) is 0 Å². The number of rotatable bonds is 6. The van der Waals surface area contributed by atoms with Gasteiger partial charge in [0.2, 0.25) is 0 Å². The van der Waals surface area contributed by atoms with Crippen molar-refractivity contribution in [1.82, 2.24) is 25.5 Å². The van der Waals surface area contributed by atoms with E-state index in [0.29, 0.717) is 5.82 Å². The molecule has 0 aromatic carbocycles. The normalized spacial score (nSPS) is 12.5. The Morgan fingerprint density at radius 3 is 3.00 bits per heavy atom. The molecule has 0 aliphatic rings. The molecule has 0 saturated carbocycles. The predicted molar refractivity (Wildman–Crippen MR) is 69.8 cm³/mol. The van der Waals surface area contributed by atoms with E-state index >= 15 is 0 Å². The summed E-state index contributed by atoms with van der Waals surface area (Å²) in [6.45, 7) is 3.07. The van der Waals surface area contributed by atoms with Gasteiger partial charge in [-0.05, 0) is 37.1 Å². The molecule has 0 radical (unpaired) electrons. The van der Waals surface area contributed by atoms with Gasteiger partial charge in [0.05, 0.1) is 6.04 Å². The summed E-state index contributed by atoms with van der Waals surface area (Å²) in [7, 11) is 0. The maximum Gasteiger partial charge on any atom is 0.141 e. The molecule has 0 amide bonds. The van der Waals surface area contributed by atoms with Crippen molar-refractivity contribution in [3.63, 3.8) is 0 Å². The quantitative estimate of drug-likeness (QED) is 0.709. The van der Waals surface area contributed by atoms with Gasteiger partial charge in [-0.15, -0.1) is 0 Å². The summed E-state index contributed by atoms with van der Waals surface area (Å²) in [6, 6.07) is 3.97. The van der Waals surface area contributed by atoms with Crippen LogP contribution < -0.4 is 11.1 Å². The Labute approximate surface area is 106 Å². The molecule has 0 fully saturated rings. The van der Waals surface area contributed by atoms with Gasteiger partial charge >= 0.3 is 0 Å². The zero-order valence-electron chi connectivity index (χ0n) is 10.4. The summed E-state index contributed by atoms with van der Waals surface area (Å²) in [6.07, 6.45) is 5.13. The molecule has 1 atom stereocenters. The number of nitrogens with one attached hydrogen (secondary N) is 2. The van der Waals surface area contributed by atoms with Gasteiger partial charge in [0.25, 0.3) is 0 Å². The third-order valence-corrected chi connectivity index (χ3v) is 2.69. The van der Waals surface area contributed by atoms with Gasteiger partial charge in [-0.2, -0.15) is 5.10 Å². The second-order valence-corrected chi connectivity index (χ2v) is 4.17. The molecule has 4 N–H and O–H groups in total. The van der Waals surface area contributed by atoms with Crippen molar-refractivity contribution in [2.45, 2.75) is 25.8 Å². The summed E-state index contributed by atoms with van der Waals surface area (Å²) >= 11 is 0. The summed E-state index contributed by atoms with van der Waals surface area (Å²) in [4.78, 5) is 8.21. The van der Waals surface area contributed by atoms with E-state index < -0.39 is 0 Å². The summed E-state index contributed by atoms with van der Waals surface area (Å²) in [5.41, 5.74) is 6.82.